The minimum Gasteiger partial charge on any atom is -0.481 e. The summed E-state index contributed by atoms with van der Waals surface area (Å²) in [5.74, 6) is 0.312. The lowest BCUT2D eigenvalue weighted by molar-refractivity contribution is 0.256. The number of unbranched alkanes of at least 4 members (excludes halogenated alkanes) is 1. The molecule has 0 aliphatic rings. The van der Waals surface area contributed by atoms with Crippen molar-refractivity contribution in [3.8, 4) is 5.88 Å². The number of rotatable bonds is 8. The zero-order valence-electron chi connectivity index (χ0n) is 14.7. The number of aryl methyl sites for hydroxylation is 1. The van der Waals surface area contributed by atoms with Crippen LogP contribution < -0.4 is 14.8 Å². The average Bonchev–Trinajstić information content (AvgIpc) is 2.51. The van der Waals surface area contributed by atoms with Gasteiger partial charge in [-0.3, -0.25) is 5.32 Å². The second kappa shape index (κ2) is 9.57. The van der Waals surface area contributed by atoms with Crippen molar-refractivity contribution in [2.24, 2.45) is 0 Å². The number of methoxy groups -OCH3 is 1. The Morgan fingerprint density at radius 2 is 2.08 bits per heavy atom. The summed E-state index contributed by atoms with van der Waals surface area (Å²) in [7, 11) is -2.48. The monoisotopic (exact) mass is 390 g/mol. The molecule has 0 fully saturated rings. The summed E-state index contributed by atoms with van der Waals surface area (Å²) in [6, 6.07) is -0.977. The number of sulfonamides is 1. The first kappa shape index (κ1) is 21.2. The summed E-state index contributed by atoms with van der Waals surface area (Å²) in [5, 5.41) is 2.63. The highest BCUT2D eigenvalue weighted by Crippen LogP contribution is 2.22. The van der Waals surface area contributed by atoms with Gasteiger partial charge in [-0.15, -0.1) is 11.6 Å². The van der Waals surface area contributed by atoms with Crippen LogP contribution in [-0.2, 0) is 16.4 Å². The SMILES string of the molecule is CCCCc1c(C)nc(NC(=O)NS(=O)(=O)/C=C/C(C)Cl)nc1OC. The standard InChI is InChI=1S/C15H23ClN4O4S/c1-5-6-7-12-11(3)17-14(18-13(12)24-4)19-15(21)20-25(22,23)9-8-10(2)16/h8-10H,5-7H2,1-4H3,(H2,17,18,19,20,21)/b9-8+. The summed E-state index contributed by atoms with van der Waals surface area (Å²) >= 11 is 5.64. The first-order valence-corrected chi connectivity index (χ1v) is 9.74. The molecular formula is C15H23ClN4O4S. The summed E-state index contributed by atoms with van der Waals surface area (Å²) in [6.07, 6.45) is 3.96. The number of halogens is 1. The van der Waals surface area contributed by atoms with Crippen LogP contribution >= 0.6 is 11.6 Å². The molecule has 1 heterocycles. The minimum absolute atomic E-state index is 0.0445. The molecule has 1 rings (SSSR count). The molecule has 1 unspecified atom stereocenters. The number of nitrogens with one attached hydrogen (secondary N) is 2. The van der Waals surface area contributed by atoms with Gasteiger partial charge < -0.3 is 4.74 Å². The first-order valence-electron chi connectivity index (χ1n) is 7.76. The Balaban J connectivity index is 2.89. The minimum atomic E-state index is -3.96. The summed E-state index contributed by atoms with van der Waals surface area (Å²) in [5.41, 5.74) is 1.52. The van der Waals surface area contributed by atoms with E-state index in [0.29, 0.717) is 11.6 Å². The van der Waals surface area contributed by atoms with Gasteiger partial charge in [0.05, 0.1) is 7.11 Å². The van der Waals surface area contributed by atoms with Crippen LogP contribution in [0.15, 0.2) is 11.5 Å². The highest BCUT2D eigenvalue weighted by atomic mass is 35.5. The van der Waals surface area contributed by atoms with E-state index in [2.05, 4.69) is 22.2 Å². The molecule has 140 valence electrons. The number of anilines is 1. The van der Waals surface area contributed by atoms with E-state index >= 15 is 0 Å². The fourth-order valence-corrected chi connectivity index (χ4v) is 2.92. The number of carbonyl (C=O) groups excluding carboxylic acids is 1. The number of ether oxygens (including phenoxy) is 1. The van der Waals surface area contributed by atoms with Crippen molar-refractivity contribution in [1.82, 2.24) is 14.7 Å². The van der Waals surface area contributed by atoms with Crippen LogP contribution in [0, 0.1) is 6.92 Å². The molecule has 2 N–H and O–H groups in total. The molecule has 0 aromatic carbocycles. The van der Waals surface area contributed by atoms with Crippen LogP contribution in [-0.4, -0.2) is 36.9 Å². The van der Waals surface area contributed by atoms with Gasteiger partial charge in [0.2, 0.25) is 11.8 Å². The zero-order valence-corrected chi connectivity index (χ0v) is 16.2. The van der Waals surface area contributed by atoms with Gasteiger partial charge in [-0.25, -0.2) is 22.9 Å². The third-order valence-electron chi connectivity index (χ3n) is 3.13. The van der Waals surface area contributed by atoms with E-state index < -0.39 is 21.4 Å². The number of hydrogen-bond donors (Lipinski definition) is 2. The first-order chi connectivity index (χ1) is 11.7. The van der Waals surface area contributed by atoms with Crippen LogP contribution in [0.25, 0.3) is 0 Å². The Morgan fingerprint density at radius 1 is 1.40 bits per heavy atom. The number of alkyl halides is 1. The molecule has 0 radical (unpaired) electrons. The highest BCUT2D eigenvalue weighted by Gasteiger charge is 2.16. The molecule has 1 aromatic rings. The van der Waals surface area contributed by atoms with Crippen molar-refractivity contribution in [3.63, 3.8) is 0 Å². The number of carbonyl (C=O) groups is 1. The van der Waals surface area contributed by atoms with E-state index in [0.717, 1.165) is 30.2 Å². The maximum atomic E-state index is 11.9. The molecule has 0 bridgehead atoms. The van der Waals surface area contributed by atoms with Crippen LogP contribution in [0.2, 0.25) is 0 Å². The van der Waals surface area contributed by atoms with E-state index in [-0.39, 0.29) is 5.95 Å². The molecular weight excluding hydrogens is 368 g/mol. The predicted octanol–water partition coefficient (Wildman–Crippen LogP) is 2.73. The third-order valence-corrected chi connectivity index (χ3v) is 4.26. The second-order valence-corrected chi connectivity index (χ2v) is 7.59. The predicted molar refractivity (Wildman–Crippen MR) is 97.5 cm³/mol. The Morgan fingerprint density at radius 3 is 2.64 bits per heavy atom. The van der Waals surface area contributed by atoms with Crippen molar-refractivity contribution in [2.75, 3.05) is 12.4 Å². The van der Waals surface area contributed by atoms with Gasteiger partial charge in [-0.1, -0.05) is 19.4 Å². The van der Waals surface area contributed by atoms with Gasteiger partial charge in [-0.2, -0.15) is 4.98 Å². The van der Waals surface area contributed by atoms with E-state index in [1.54, 1.807) is 13.8 Å². The number of allylic oxidation sites excluding steroid dienone is 1. The van der Waals surface area contributed by atoms with Gasteiger partial charge in [0.25, 0.3) is 10.0 Å². The van der Waals surface area contributed by atoms with E-state index in [1.807, 2.05) is 4.72 Å². The number of urea groups is 1. The summed E-state index contributed by atoms with van der Waals surface area (Å²) in [4.78, 5) is 20.1. The molecule has 0 spiro atoms. The molecule has 0 aliphatic carbocycles. The molecule has 0 aliphatic heterocycles. The van der Waals surface area contributed by atoms with Crippen molar-refractivity contribution >= 4 is 33.6 Å². The molecule has 1 atom stereocenters. The third kappa shape index (κ3) is 7.27. The quantitative estimate of drug-likeness (QED) is 0.660. The van der Waals surface area contributed by atoms with Crippen LogP contribution in [0.1, 0.15) is 37.9 Å². The molecule has 2 amide bonds. The van der Waals surface area contributed by atoms with E-state index in [9.17, 15) is 13.2 Å². The molecule has 0 saturated carbocycles. The molecule has 8 nitrogen and oxygen atoms in total. The Hall–Kier alpha value is -1.87. The smallest absolute Gasteiger partial charge is 0.335 e. The summed E-state index contributed by atoms with van der Waals surface area (Å²) < 4.78 is 30.5. The Labute approximate surface area is 153 Å². The Kier molecular flexibility index (Phi) is 8.11. The fourth-order valence-electron chi connectivity index (χ4n) is 1.94. The van der Waals surface area contributed by atoms with Crippen LogP contribution in [0.3, 0.4) is 0 Å². The zero-order chi connectivity index (χ0) is 19.0. The number of amides is 2. The fraction of sp³-hybridized carbons (Fsp3) is 0.533. The summed E-state index contributed by atoms with van der Waals surface area (Å²) in [6.45, 7) is 5.44. The lowest BCUT2D eigenvalue weighted by Gasteiger charge is -2.12. The van der Waals surface area contributed by atoms with E-state index in [4.69, 9.17) is 16.3 Å². The lowest BCUT2D eigenvalue weighted by atomic mass is 10.1. The van der Waals surface area contributed by atoms with Crippen molar-refractivity contribution in [1.29, 1.82) is 0 Å². The molecule has 10 heteroatoms. The normalized spacial score (nSPS) is 12.8. The van der Waals surface area contributed by atoms with Crippen LogP contribution in [0.4, 0.5) is 10.7 Å². The van der Waals surface area contributed by atoms with Gasteiger partial charge in [-0.05, 0) is 26.7 Å². The average molecular weight is 391 g/mol. The largest absolute Gasteiger partial charge is 0.481 e. The highest BCUT2D eigenvalue weighted by molar-refractivity contribution is 7.92. The van der Waals surface area contributed by atoms with Gasteiger partial charge >= 0.3 is 6.03 Å². The maximum absolute atomic E-state index is 11.9. The van der Waals surface area contributed by atoms with Crippen molar-refractivity contribution in [2.45, 2.75) is 45.4 Å². The Bertz CT molecular complexity index is 735. The van der Waals surface area contributed by atoms with Gasteiger partial charge in [0, 0.05) is 22.0 Å². The number of nitrogens with zero attached hydrogens (tertiary/aromatic N) is 2. The molecule has 0 saturated heterocycles. The second-order valence-electron chi connectivity index (χ2n) is 5.33. The topological polar surface area (TPSA) is 110 Å². The van der Waals surface area contributed by atoms with Crippen molar-refractivity contribution in [3.05, 3.63) is 22.7 Å². The van der Waals surface area contributed by atoms with Crippen molar-refractivity contribution < 1.29 is 17.9 Å². The molecule has 25 heavy (non-hydrogen) atoms. The van der Waals surface area contributed by atoms with E-state index in [1.165, 1.54) is 13.2 Å². The van der Waals surface area contributed by atoms with Crippen LogP contribution in [0.5, 0.6) is 5.88 Å². The maximum Gasteiger partial charge on any atom is 0.335 e. The molecule has 1 aromatic heterocycles. The van der Waals surface area contributed by atoms with Gasteiger partial charge in [0.15, 0.2) is 0 Å². The lowest BCUT2D eigenvalue weighted by Crippen LogP contribution is -2.33. The number of hydrogen-bond acceptors (Lipinski definition) is 6. The number of aromatic nitrogens is 2. The van der Waals surface area contributed by atoms with Gasteiger partial charge in [0.1, 0.15) is 0 Å².